The predicted octanol–water partition coefficient (Wildman–Crippen LogP) is 3.49. The molecule has 0 saturated heterocycles. The van der Waals surface area contributed by atoms with E-state index < -0.39 is 17.2 Å². The third kappa shape index (κ3) is 2.02. The fraction of sp³-hybridized carbons (Fsp3) is 0.143. The Morgan fingerprint density at radius 3 is 2.55 bits per heavy atom. The van der Waals surface area contributed by atoms with Gasteiger partial charge in [0.1, 0.15) is 5.69 Å². The van der Waals surface area contributed by atoms with E-state index in [1.165, 1.54) is 11.3 Å². The van der Waals surface area contributed by atoms with Crippen LogP contribution in [0.2, 0.25) is 0 Å². The quantitative estimate of drug-likeness (QED) is 0.786. The summed E-state index contributed by atoms with van der Waals surface area (Å²) in [6.45, 7) is 2.03. The Kier molecular flexibility index (Phi) is 3.10. The second kappa shape index (κ2) is 4.79. The monoisotopic (exact) mass is 292 g/mol. The van der Waals surface area contributed by atoms with Crippen molar-refractivity contribution in [3.8, 4) is 10.6 Å². The van der Waals surface area contributed by atoms with Crippen LogP contribution in [0.1, 0.15) is 11.8 Å². The number of aryl methyl sites for hydroxylation is 1. The van der Waals surface area contributed by atoms with Gasteiger partial charge in [-0.3, -0.25) is 4.79 Å². The molecule has 1 N–H and O–H groups in total. The Bertz CT molecular complexity index is 854. The number of nitrogens with one attached hydrogen (secondary N) is 1. The molecule has 6 heteroatoms. The molecule has 0 spiro atoms. The minimum atomic E-state index is -1.04. The van der Waals surface area contributed by atoms with Gasteiger partial charge in [0.15, 0.2) is 11.6 Å². The van der Waals surface area contributed by atoms with Gasteiger partial charge in [-0.1, -0.05) is 6.92 Å². The van der Waals surface area contributed by atoms with Crippen molar-refractivity contribution in [2.45, 2.75) is 13.3 Å². The Hall–Kier alpha value is -2.08. The second-order valence-corrected chi connectivity index (χ2v) is 5.50. The molecule has 2 heterocycles. The van der Waals surface area contributed by atoms with Gasteiger partial charge >= 0.3 is 0 Å². The molecule has 0 aliphatic rings. The lowest BCUT2D eigenvalue weighted by molar-refractivity contribution is 0.511. The van der Waals surface area contributed by atoms with E-state index in [4.69, 9.17) is 0 Å². The number of halogens is 2. The lowest BCUT2D eigenvalue weighted by atomic mass is 10.1. The highest BCUT2D eigenvalue weighted by Gasteiger charge is 2.14. The SMILES string of the molecule is CCc1ccc(-c2n[nH]c(=O)c3cc(F)c(F)cc23)s1. The molecule has 0 aliphatic carbocycles. The minimum Gasteiger partial charge on any atom is -0.267 e. The van der Waals surface area contributed by atoms with Crippen LogP contribution in [0.4, 0.5) is 8.78 Å². The topological polar surface area (TPSA) is 45.8 Å². The zero-order valence-electron chi connectivity index (χ0n) is 10.5. The molecule has 3 rings (SSSR count). The molecule has 2 aromatic heterocycles. The van der Waals surface area contributed by atoms with E-state index in [0.29, 0.717) is 11.1 Å². The Balaban J connectivity index is 2.33. The average molecular weight is 292 g/mol. The van der Waals surface area contributed by atoms with Crippen LogP contribution in [0, 0.1) is 11.6 Å². The van der Waals surface area contributed by atoms with Gasteiger partial charge in [0.25, 0.3) is 5.56 Å². The molecule has 3 nitrogen and oxygen atoms in total. The molecule has 20 heavy (non-hydrogen) atoms. The number of aromatic amines is 1. The predicted molar refractivity (Wildman–Crippen MR) is 75.0 cm³/mol. The second-order valence-electron chi connectivity index (χ2n) is 4.33. The molecule has 0 amide bonds. The Morgan fingerprint density at radius 2 is 1.90 bits per heavy atom. The number of fused-ring (bicyclic) bond motifs is 1. The molecular formula is C14H10F2N2OS. The largest absolute Gasteiger partial charge is 0.272 e. The summed E-state index contributed by atoms with van der Waals surface area (Å²) in [5.74, 6) is -2.03. The molecular weight excluding hydrogens is 282 g/mol. The van der Waals surface area contributed by atoms with Gasteiger partial charge in [-0.05, 0) is 30.7 Å². The third-order valence-corrected chi connectivity index (χ3v) is 4.31. The van der Waals surface area contributed by atoms with Gasteiger partial charge in [0.05, 0.1) is 10.3 Å². The van der Waals surface area contributed by atoms with Gasteiger partial charge in [-0.2, -0.15) is 5.10 Å². The number of H-pyrrole nitrogens is 1. The standard InChI is InChI=1S/C14H10F2N2OS/c1-2-7-3-4-12(20-7)13-8-5-10(15)11(16)6-9(8)14(19)18-17-13/h3-6H,2H2,1H3,(H,18,19). The van der Waals surface area contributed by atoms with Crippen molar-refractivity contribution in [3.05, 3.63) is 51.1 Å². The fourth-order valence-electron chi connectivity index (χ4n) is 2.04. The maximum absolute atomic E-state index is 13.4. The van der Waals surface area contributed by atoms with Gasteiger partial charge in [0.2, 0.25) is 0 Å². The minimum absolute atomic E-state index is 0.0975. The molecule has 0 atom stereocenters. The molecule has 0 saturated carbocycles. The molecule has 0 aliphatic heterocycles. The first kappa shape index (κ1) is 12.9. The molecule has 0 bridgehead atoms. The zero-order chi connectivity index (χ0) is 14.3. The van der Waals surface area contributed by atoms with Gasteiger partial charge in [-0.15, -0.1) is 11.3 Å². The van der Waals surface area contributed by atoms with Gasteiger partial charge in [-0.25, -0.2) is 13.9 Å². The van der Waals surface area contributed by atoms with E-state index in [0.717, 1.165) is 28.3 Å². The van der Waals surface area contributed by atoms with Crippen LogP contribution in [0.3, 0.4) is 0 Å². The molecule has 3 aromatic rings. The highest BCUT2D eigenvalue weighted by atomic mass is 32.1. The molecule has 0 radical (unpaired) electrons. The van der Waals surface area contributed by atoms with Crippen LogP contribution in [0.15, 0.2) is 29.1 Å². The number of aromatic nitrogens is 2. The van der Waals surface area contributed by atoms with Crippen molar-refractivity contribution < 1.29 is 8.78 Å². The van der Waals surface area contributed by atoms with E-state index in [2.05, 4.69) is 10.2 Å². The van der Waals surface area contributed by atoms with Crippen LogP contribution in [0.5, 0.6) is 0 Å². The highest BCUT2D eigenvalue weighted by molar-refractivity contribution is 7.15. The van der Waals surface area contributed by atoms with Gasteiger partial charge in [0, 0.05) is 10.3 Å². The summed E-state index contributed by atoms with van der Waals surface area (Å²) in [5.41, 5.74) is -0.0712. The number of hydrogen-bond acceptors (Lipinski definition) is 3. The smallest absolute Gasteiger partial charge is 0.267 e. The normalized spacial score (nSPS) is 11.2. The summed E-state index contributed by atoms with van der Waals surface area (Å²) >= 11 is 1.52. The maximum atomic E-state index is 13.4. The summed E-state index contributed by atoms with van der Waals surface area (Å²) in [4.78, 5) is 13.7. The number of hydrogen-bond donors (Lipinski definition) is 1. The van der Waals surface area contributed by atoms with E-state index >= 15 is 0 Å². The summed E-state index contributed by atoms with van der Waals surface area (Å²) < 4.78 is 26.7. The van der Waals surface area contributed by atoms with Gasteiger partial charge < -0.3 is 0 Å². The number of nitrogens with zero attached hydrogens (tertiary/aromatic N) is 1. The van der Waals surface area contributed by atoms with Crippen molar-refractivity contribution in [2.24, 2.45) is 0 Å². The number of thiophene rings is 1. The van der Waals surface area contributed by atoms with Crippen molar-refractivity contribution in [1.82, 2.24) is 10.2 Å². The zero-order valence-corrected chi connectivity index (χ0v) is 11.4. The molecule has 1 aromatic carbocycles. The maximum Gasteiger partial charge on any atom is 0.272 e. The lowest BCUT2D eigenvalue weighted by Gasteiger charge is -2.03. The Labute approximate surface area is 116 Å². The molecule has 0 unspecified atom stereocenters. The summed E-state index contributed by atoms with van der Waals surface area (Å²) in [5, 5.41) is 6.72. The first-order valence-corrected chi connectivity index (χ1v) is 6.88. The van der Waals surface area contributed by atoms with Crippen molar-refractivity contribution in [2.75, 3.05) is 0 Å². The van der Waals surface area contributed by atoms with Crippen molar-refractivity contribution >= 4 is 22.1 Å². The fourth-order valence-corrected chi connectivity index (χ4v) is 2.99. The highest BCUT2D eigenvalue weighted by Crippen LogP contribution is 2.31. The Morgan fingerprint density at radius 1 is 1.20 bits per heavy atom. The summed E-state index contributed by atoms with van der Waals surface area (Å²) in [6, 6.07) is 5.75. The number of rotatable bonds is 2. The van der Waals surface area contributed by atoms with Crippen LogP contribution in [0.25, 0.3) is 21.3 Å². The summed E-state index contributed by atoms with van der Waals surface area (Å²) in [7, 11) is 0. The van der Waals surface area contributed by atoms with Crippen LogP contribution in [-0.2, 0) is 6.42 Å². The van der Waals surface area contributed by atoms with Crippen molar-refractivity contribution in [1.29, 1.82) is 0 Å². The van der Waals surface area contributed by atoms with E-state index in [-0.39, 0.29) is 5.39 Å². The van der Waals surface area contributed by atoms with E-state index in [9.17, 15) is 13.6 Å². The average Bonchev–Trinajstić information content (AvgIpc) is 2.90. The lowest BCUT2D eigenvalue weighted by Crippen LogP contribution is -2.10. The first-order valence-electron chi connectivity index (χ1n) is 6.06. The van der Waals surface area contributed by atoms with Crippen molar-refractivity contribution in [3.63, 3.8) is 0 Å². The number of benzene rings is 1. The van der Waals surface area contributed by atoms with E-state index in [1.54, 1.807) is 0 Å². The van der Waals surface area contributed by atoms with Crippen LogP contribution >= 0.6 is 11.3 Å². The van der Waals surface area contributed by atoms with E-state index in [1.807, 2.05) is 19.1 Å². The van der Waals surface area contributed by atoms with Crippen LogP contribution < -0.4 is 5.56 Å². The molecule has 102 valence electrons. The third-order valence-electron chi connectivity index (χ3n) is 3.07. The first-order chi connectivity index (χ1) is 9.60. The van der Waals surface area contributed by atoms with Crippen LogP contribution in [-0.4, -0.2) is 10.2 Å². The molecule has 0 fully saturated rings. The summed E-state index contributed by atoms with van der Waals surface area (Å²) in [6.07, 6.45) is 0.884.